The van der Waals surface area contributed by atoms with Crippen LogP contribution in [0.25, 0.3) is 33.6 Å². The number of hydrogen-bond acceptors (Lipinski definition) is 10. The van der Waals surface area contributed by atoms with Gasteiger partial charge in [-0.2, -0.15) is 0 Å². The molecule has 0 bridgehead atoms. The van der Waals surface area contributed by atoms with Gasteiger partial charge in [0.25, 0.3) is 5.91 Å². The second-order valence-electron chi connectivity index (χ2n) is 16.4. The number of likely N-dealkylation sites (tertiary alicyclic amines) is 1. The van der Waals surface area contributed by atoms with E-state index in [0.29, 0.717) is 50.8 Å². The number of H-pyrrole nitrogens is 2. The SMILES string of the molecule is COC(=O)N[C@H](C(=O)N1[C@H](c2ncc(-c3ccc(-c4ccc(-c5cnc([C@@H]6C[C@H]7C[C@H]7N6C(=O)[C@@H](NC(=O)OC)C6CCOCC6)[nH]5)cc4)cc3)[nH]2)CCN1C)C(C)C. The van der Waals surface area contributed by atoms with Crippen molar-refractivity contribution in [2.24, 2.45) is 17.8 Å². The molecule has 5 heterocycles. The van der Waals surface area contributed by atoms with Crippen LogP contribution in [0, 0.1) is 17.8 Å². The van der Waals surface area contributed by atoms with E-state index < -0.39 is 24.3 Å². The Bertz CT molecular complexity index is 2150. The molecule has 1 aliphatic carbocycles. The molecule has 8 rings (SSSR count). The van der Waals surface area contributed by atoms with Gasteiger partial charge in [-0.1, -0.05) is 62.4 Å². The molecule has 6 atom stereocenters. The van der Waals surface area contributed by atoms with E-state index in [9.17, 15) is 19.2 Å². The van der Waals surface area contributed by atoms with Gasteiger partial charge in [-0.05, 0) is 72.1 Å². The number of aromatic amines is 2. The van der Waals surface area contributed by atoms with Gasteiger partial charge in [0, 0.05) is 32.8 Å². The van der Waals surface area contributed by atoms with Crippen LogP contribution in [0.15, 0.2) is 60.9 Å². The van der Waals surface area contributed by atoms with Crippen LogP contribution < -0.4 is 10.6 Å². The molecule has 4 fully saturated rings. The number of hydrogen-bond donors (Lipinski definition) is 4. The number of hydrazine groups is 1. The van der Waals surface area contributed by atoms with E-state index in [4.69, 9.17) is 19.2 Å². The number of nitrogens with zero attached hydrogens (tertiary/aromatic N) is 5. The first-order chi connectivity index (χ1) is 28.5. The monoisotopic (exact) mass is 807 g/mol. The van der Waals surface area contributed by atoms with Gasteiger partial charge >= 0.3 is 12.2 Å². The van der Waals surface area contributed by atoms with Gasteiger partial charge < -0.3 is 39.7 Å². The number of methoxy groups -OCH3 is 2. The number of carbonyl (C=O) groups is 4. The lowest BCUT2D eigenvalue weighted by molar-refractivity contribution is -0.149. The van der Waals surface area contributed by atoms with Crippen LogP contribution in [0.1, 0.15) is 69.7 Å². The molecular formula is C43H53N9O7. The summed E-state index contributed by atoms with van der Waals surface area (Å²) in [5, 5.41) is 9.10. The number of fused-ring (bicyclic) bond motifs is 1. The third-order valence-corrected chi connectivity index (χ3v) is 12.4. The quantitative estimate of drug-likeness (QED) is 0.152. The summed E-state index contributed by atoms with van der Waals surface area (Å²) in [6.45, 7) is 5.57. The number of aromatic nitrogens is 4. The highest BCUT2D eigenvalue weighted by Crippen LogP contribution is 2.53. The Morgan fingerprint density at radius 3 is 1.85 bits per heavy atom. The molecule has 4 aromatic rings. The maximum Gasteiger partial charge on any atom is 0.407 e. The zero-order chi connectivity index (χ0) is 41.4. The normalized spacial score (nSPS) is 22.8. The zero-order valence-electron chi connectivity index (χ0n) is 34.1. The Hall–Kier alpha value is -5.74. The minimum Gasteiger partial charge on any atom is -0.453 e. The molecule has 1 saturated carbocycles. The summed E-state index contributed by atoms with van der Waals surface area (Å²) in [5.74, 6) is 1.40. The Morgan fingerprint density at radius 1 is 0.746 bits per heavy atom. The van der Waals surface area contributed by atoms with Crippen LogP contribution in [-0.4, -0.2) is 118 Å². The van der Waals surface area contributed by atoms with Gasteiger partial charge in [0.15, 0.2) is 0 Å². The number of benzene rings is 2. The maximum atomic E-state index is 14.2. The molecule has 312 valence electrons. The van der Waals surface area contributed by atoms with Crippen LogP contribution in [0.3, 0.4) is 0 Å². The number of piperidine rings is 1. The molecule has 0 spiro atoms. The Morgan fingerprint density at radius 2 is 1.29 bits per heavy atom. The van der Waals surface area contributed by atoms with Crippen LogP contribution >= 0.6 is 0 Å². The van der Waals surface area contributed by atoms with E-state index in [-0.39, 0.29) is 41.8 Å². The van der Waals surface area contributed by atoms with E-state index in [1.807, 2.05) is 49.1 Å². The second-order valence-corrected chi connectivity index (χ2v) is 16.4. The molecule has 4 N–H and O–H groups in total. The fourth-order valence-corrected chi connectivity index (χ4v) is 8.98. The molecule has 0 unspecified atom stereocenters. The molecule has 3 aliphatic heterocycles. The molecule has 16 nitrogen and oxygen atoms in total. The number of amides is 4. The minimum atomic E-state index is -0.746. The van der Waals surface area contributed by atoms with Crippen molar-refractivity contribution in [1.82, 2.24) is 45.5 Å². The number of imidazole rings is 2. The maximum absolute atomic E-state index is 14.2. The fourth-order valence-electron chi connectivity index (χ4n) is 8.98. The fraction of sp³-hybridized carbons (Fsp3) is 0.488. The van der Waals surface area contributed by atoms with Crippen molar-refractivity contribution >= 4 is 24.0 Å². The standard InChI is InChI=1S/C43H53N9O7/c1-24(2)36(48-42(55)57-4)41(54)52-33(14-17-50(52)3)38-44-22-31(46-38)27-10-6-25(7-11-27)26-8-12-28(13-9-26)32-23-45-39(47-32)35-21-30-20-34(30)51(35)40(53)37(49-43(56)58-5)29-15-18-59-19-16-29/h6-13,22-24,29-30,33-37H,14-21H2,1-5H3,(H,44,46)(H,45,47)(H,48,55)(H,49,56)/t30-,33+,34-,35+,36+,37+/m1/s1. The molecular weight excluding hydrogens is 755 g/mol. The van der Waals surface area contributed by atoms with Gasteiger partial charge in [-0.25, -0.2) is 24.6 Å². The van der Waals surface area contributed by atoms with Crippen LogP contribution in [0.2, 0.25) is 0 Å². The summed E-state index contributed by atoms with van der Waals surface area (Å²) >= 11 is 0. The van der Waals surface area contributed by atoms with Crippen molar-refractivity contribution < 1.29 is 33.4 Å². The predicted octanol–water partition coefficient (Wildman–Crippen LogP) is 5.45. The Balaban J connectivity index is 0.932. The van der Waals surface area contributed by atoms with E-state index in [2.05, 4.69) is 62.0 Å². The van der Waals surface area contributed by atoms with E-state index in [1.165, 1.54) is 14.2 Å². The minimum absolute atomic E-state index is 0.0222. The first-order valence-electron chi connectivity index (χ1n) is 20.5. The number of nitrogens with one attached hydrogen (secondary N) is 4. The van der Waals surface area contributed by atoms with Gasteiger partial charge in [0.2, 0.25) is 5.91 Å². The molecule has 2 aromatic carbocycles. The number of alkyl carbamates (subject to hydrolysis) is 2. The first kappa shape index (κ1) is 40.1. The lowest BCUT2D eigenvalue weighted by Gasteiger charge is -2.35. The molecule has 4 aliphatic rings. The molecule has 16 heteroatoms. The predicted molar refractivity (Wildman–Crippen MR) is 217 cm³/mol. The van der Waals surface area contributed by atoms with Crippen LogP contribution in [0.5, 0.6) is 0 Å². The van der Waals surface area contributed by atoms with E-state index in [1.54, 1.807) is 11.2 Å². The van der Waals surface area contributed by atoms with Gasteiger partial charge in [-0.3, -0.25) is 14.6 Å². The largest absolute Gasteiger partial charge is 0.453 e. The van der Waals surface area contributed by atoms with E-state index in [0.717, 1.165) is 52.3 Å². The number of carbonyl (C=O) groups excluding carboxylic acids is 4. The lowest BCUT2D eigenvalue weighted by atomic mass is 9.90. The summed E-state index contributed by atoms with van der Waals surface area (Å²) < 4.78 is 15.2. The highest BCUT2D eigenvalue weighted by atomic mass is 16.5. The molecule has 59 heavy (non-hydrogen) atoms. The molecule has 2 aromatic heterocycles. The van der Waals surface area contributed by atoms with Crippen molar-refractivity contribution in [3.8, 4) is 33.6 Å². The molecule has 3 saturated heterocycles. The Kier molecular flexibility index (Phi) is 11.4. The summed E-state index contributed by atoms with van der Waals surface area (Å²) in [7, 11) is 4.46. The van der Waals surface area contributed by atoms with Gasteiger partial charge in [0.05, 0.1) is 44.0 Å². The van der Waals surface area contributed by atoms with Gasteiger partial charge in [0.1, 0.15) is 29.8 Å². The number of rotatable bonds is 11. The van der Waals surface area contributed by atoms with E-state index >= 15 is 0 Å². The topological polar surface area (TPSA) is 187 Å². The van der Waals surface area contributed by atoms with Crippen molar-refractivity contribution in [3.05, 3.63) is 72.6 Å². The summed E-state index contributed by atoms with van der Waals surface area (Å²) in [5.41, 5.74) is 5.75. The van der Waals surface area contributed by atoms with Crippen molar-refractivity contribution in [2.45, 2.75) is 76.2 Å². The smallest absolute Gasteiger partial charge is 0.407 e. The summed E-state index contributed by atoms with van der Waals surface area (Å²) in [6.07, 6.45) is 6.27. The lowest BCUT2D eigenvalue weighted by Crippen LogP contribution is -2.54. The average Bonchev–Trinajstić information content (AvgIpc) is 3.74. The van der Waals surface area contributed by atoms with Crippen LogP contribution in [0.4, 0.5) is 9.59 Å². The first-order valence-corrected chi connectivity index (χ1v) is 20.5. The van der Waals surface area contributed by atoms with Crippen LogP contribution in [-0.2, 0) is 23.8 Å². The highest BCUT2D eigenvalue weighted by Gasteiger charge is 2.56. The highest BCUT2D eigenvalue weighted by molar-refractivity contribution is 5.87. The molecule has 0 radical (unpaired) electrons. The van der Waals surface area contributed by atoms with Gasteiger partial charge in [-0.15, -0.1) is 0 Å². The number of ether oxygens (including phenoxy) is 3. The van der Waals surface area contributed by atoms with Crippen molar-refractivity contribution in [1.29, 1.82) is 0 Å². The third-order valence-electron chi connectivity index (χ3n) is 12.4. The summed E-state index contributed by atoms with van der Waals surface area (Å²) in [6, 6.07) is 14.8. The average molecular weight is 808 g/mol. The van der Waals surface area contributed by atoms with Crippen molar-refractivity contribution in [3.63, 3.8) is 0 Å². The zero-order valence-corrected chi connectivity index (χ0v) is 34.1. The Labute approximate surface area is 343 Å². The summed E-state index contributed by atoms with van der Waals surface area (Å²) in [4.78, 5) is 70.6. The molecule has 4 amide bonds. The second kappa shape index (κ2) is 16.9. The van der Waals surface area contributed by atoms with Crippen molar-refractivity contribution in [2.75, 3.05) is 41.0 Å². The third kappa shape index (κ3) is 8.15.